The topological polar surface area (TPSA) is 45.6 Å². The van der Waals surface area contributed by atoms with Crippen molar-refractivity contribution in [1.29, 1.82) is 0 Å². The van der Waals surface area contributed by atoms with E-state index in [4.69, 9.17) is 9.84 Å². The third-order valence-electron chi connectivity index (χ3n) is 2.45. The van der Waals surface area contributed by atoms with E-state index in [-0.39, 0.29) is 6.61 Å². The van der Waals surface area contributed by atoms with Crippen molar-refractivity contribution in [3.05, 3.63) is 11.1 Å². The van der Waals surface area contributed by atoms with Crippen molar-refractivity contribution in [3.8, 4) is 0 Å². The van der Waals surface area contributed by atoms with Crippen molar-refractivity contribution >= 4 is 16.5 Å². The van der Waals surface area contributed by atoms with Gasteiger partial charge in [0.2, 0.25) is 0 Å². The van der Waals surface area contributed by atoms with Gasteiger partial charge in [-0.1, -0.05) is 11.3 Å². The smallest absolute Gasteiger partial charge is 0.185 e. The van der Waals surface area contributed by atoms with E-state index in [1.807, 2.05) is 0 Å². The minimum Gasteiger partial charge on any atom is -0.391 e. The van der Waals surface area contributed by atoms with Gasteiger partial charge in [-0.2, -0.15) is 0 Å². The fourth-order valence-electron chi connectivity index (χ4n) is 1.61. The molecule has 0 amide bonds. The summed E-state index contributed by atoms with van der Waals surface area (Å²) in [5.74, 6) is 0. The maximum absolute atomic E-state index is 8.92. The molecular weight excluding hydrogens is 200 g/mol. The summed E-state index contributed by atoms with van der Waals surface area (Å²) in [4.78, 5) is 7.39. The summed E-state index contributed by atoms with van der Waals surface area (Å²) in [5.41, 5.74) is 0. The largest absolute Gasteiger partial charge is 0.391 e. The van der Waals surface area contributed by atoms with Crippen molar-refractivity contribution in [1.82, 2.24) is 4.98 Å². The highest BCUT2D eigenvalue weighted by atomic mass is 32.1. The first kappa shape index (κ1) is 9.89. The molecule has 0 radical (unpaired) electrons. The molecular formula is C9H14N2O2S. The van der Waals surface area contributed by atoms with Crippen molar-refractivity contribution in [2.75, 3.05) is 25.1 Å². The second-order valence-electron chi connectivity index (χ2n) is 3.36. The second-order valence-corrected chi connectivity index (χ2v) is 4.45. The van der Waals surface area contributed by atoms with Crippen LogP contribution in [0.15, 0.2) is 6.20 Å². The number of hydrogen-bond donors (Lipinski definition) is 1. The van der Waals surface area contributed by atoms with Crippen LogP contribution in [0.1, 0.15) is 11.3 Å². The Bertz CT molecular complexity index is 303. The molecule has 78 valence electrons. The number of thiazole rings is 1. The Morgan fingerprint density at radius 2 is 2.64 bits per heavy atom. The molecule has 1 aliphatic heterocycles. The molecule has 2 heterocycles. The Labute approximate surface area is 87.1 Å². The van der Waals surface area contributed by atoms with Gasteiger partial charge in [-0.05, 0) is 6.42 Å². The molecule has 0 aliphatic carbocycles. The van der Waals surface area contributed by atoms with Gasteiger partial charge < -0.3 is 14.7 Å². The third-order valence-corrected chi connectivity index (χ3v) is 3.49. The first-order chi connectivity index (χ1) is 6.83. The number of ether oxygens (including phenoxy) is 1. The van der Waals surface area contributed by atoms with Crippen molar-refractivity contribution < 1.29 is 9.84 Å². The number of aliphatic hydroxyl groups excluding tert-OH is 1. The van der Waals surface area contributed by atoms with Crippen LogP contribution in [-0.2, 0) is 11.3 Å². The average molecular weight is 214 g/mol. The Kier molecular flexibility index (Phi) is 3.00. The maximum Gasteiger partial charge on any atom is 0.185 e. The quantitative estimate of drug-likeness (QED) is 0.810. The predicted molar refractivity (Wildman–Crippen MR) is 55.7 cm³/mol. The van der Waals surface area contributed by atoms with Crippen LogP contribution in [0.3, 0.4) is 0 Å². The maximum atomic E-state index is 8.92. The molecule has 1 atom stereocenters. The molecule has 1 aromatic rings. The highest BCUT2D eigenvalue weighted by Crippen LogP contribution is 2.26. The third kappa shape index (κ3) is 1.89. The van der Waals surface area contributed by atoms with Gasteiger partial charge in [0, 0.05) is 26.4 Å². The Balaban J connectivity index is 2.02. The summed E-state index contributed by atoms with van der Waals surface area (Å²) >= 11 is 1.55. The highest BCUT2D eigenvalue weighted by Gasteiger charge is 2.23. The lowest BCUT2D eigenvalue weighted by Crippen LogP contribution is -2.21. The van der Waals surface area contributed by atoms with E-state index in [9.17, 15) is 0 Å². The van der Waals surface area contributed by atoms with Gasteiger partial charge in [-0.3, -0.25) is 0 Å². The van der Waals surface area contributed by atoms with Gasteiger partial charge >= 0.3 is 0 Å². The van der Waals surface area contributed by atoms with Crippen LogP contribution in [0, 0.1) is 0 Å². The average Bonchev–Trinajstić information content (AvgIpc) is 2.86. The molecule has 0 aromatic carbocycles. The van der Waals surface area contributed by atoms with Crippen LogP contribution in [0.4, 0.5) is 5.13 Å². The zero-order valence-corrected chi connectivity index (χ0v) is 8.96. The minimum absolute atomic E-state index is 0.0826. The number of aromatic nitrogens is 1. The molecule has 5 heteroatoms. The number of aliphatic hydroxyl groups is 1. The molecule has 0 bridgehead atoms. The Hall–Kier alpha value is -0.650. The van der Waals surface area contributed by atoms with Gasteiger partial charge in [0.25, 0.3) is 0 Å². The number of anilines is 1. The van der Waals surface area contributed by atoms with Crippen molar-refractivity contribution in [3.63, 3.8) is 0 Å². The van der Waals surface area contributed by atoms with Gasteiger partial charge in [0.1, 0.15) is 0 Å². The summed E-state index contributed by atoms with van der Waals surface area (Å²) in [5, 5.41) is 9.91. The molecule has 0 spiro atoms. The van der Waals surface area contributed by atoms with Crippen LogP contribution < -0.4 is 4.90 Å². The first-order valence-corrected chi connectivity index (χ1v) is 5.48. The second kappa shape index (κ2) is 4.25. The number of nitrogens with zero attached hydrogens (tertiary/aromatic N) is 2. The van der Waals surface area contributed by atoms with E-state index < -0.39 is 0 Å². The number of rotatable bonds is 3. The number of hydrogen-bond acceptors (Lipinski definition) is 5. The van der Waals surface area contributed by atoms with Gasteiger partial charge in [-0.15, -0.1) is 0 Å². The molecule has 1 fully saturated rings. The summed E-state index contributed by atoms with van der Waals surface area (Å²) in [7, 11) is 1.75. The molecule has 1 N–H and O–H groups in total. The van der Waals surface area contributed by atoms with Crippen LogP contribution in [-0.4, -0.2) is 36.4 Å². The van der Waals surface area contributed by atoms with Crippen LogP contribution in [0.25, 0.3) is 0 Å². The molecule has 1 aliphatic rings. The molecule has 14 heavy (non-hydrogen) atoms. The van der Waals surface area contributed by atoms with Crippen LogP contribution in [0.5, 0.6) is 0 Å². The van der Waals surface area contributed by atoms with Crippen LogP contribution >= 0.6 is 11.3 Å². The monoisotopic (exact) mass is 214 g/mol. The summed E-state index contributed by atoms with van der Waals surface area (Å²) in [6, 6.07) is 0. The van der Waals surface area contributed by atoms with Gasteiger partial charge in [-0.25, -0.2) is 4.98 Å². The van der Waals surface area contributed by atoms with Gasteiger partial charge in [0.15, 0.2) is 5.13 Å². The molecule has 1 unspecified atom stereocenters. The van der Waals surface area contributed by atoms with E-state index in [2.05, 4.69) is 9.88 Å². The fraction of sp³-hybridized carbons (Fsp3) is 0.667. The lowest BCUT2D eigenvalue weighted by molar-refractivity contribution is 0.121. The summed E-state index contributed by atoms with van der Waals surface area (Å²) in [6.07, 6.45) is 3.13. The highest BCUT2D eigenvalue weighted by molar-refractivity contribution is 7.15. The van der Waals surface area contributed by atoms with E-state index in [1.54, 1.807) is 24.6 Å². The molecule has 0 saturated carbocycles. The summed E-state index contributed by atoms with van der Waals surface area (Å²) in [6.45, 7) is 1.99. The van der Waals surface area contributed by atoms with E-state index >= 15 is 0 Å². The number of methoxy groups -OCH3 is 1. The summed E-state index contributed by atoms with van der Waals surface area (Å²) < 4.78 is 5.28. The standard InChI is InChI=1S/C9H14N2O2S/c1-13-7-2-3-11(5-7)9-10-4-8(6-12)14-9/h4,7,12H,2-3,5-6H2,1H3. The molecule has 1 saturated heterocycles. The van der Waals surface area contributed by atoms with Crippen molar-refractivity contribution in [2.45, 2.75) is 19.1 Å². The lowest BCUT2D eigenvalue weighted by atomic mass is 10.3. The van der Waals surface area contributed by atoms with Gasteiger partial charge in [0.05, 0.1) is 17.6 Å². The minimum atomic E-state index is 0.0826. The molecule has 4 nitrogen and oxygen atoms in total. The Morgan fingerprint density at radius 1 is 1.79 bits per heavy atom. The molecule has 2 rings (SSSR count). The van der Waals surface area contributed by atoms with E-state index in [1.165, 1.54) is 0 Å². The SMILES string of the molecule is COC1CCN(c2ncc(CO)s2)C1. The fourth-order valence-corrected chi connectivity index (χ4v) is 2.42. The first-order valence-electron chi connectivity index (χ1n) is 4.67. The van der Waals surface area contributed by atoms with Crippen molar-refractivity contribution in [2.24, 2.45) is 0 Å². The normalized spacial score (nSPS) is 21.9. The lowest BCUT2D eigenvalue weighted by Gasteiger charge is -2.13. The van der Waals surface area contributed by atoms with Crippen LogP contribution in [0.2, 0.25) is 0 Å². The van der Waals surface area contributed by atoms with E-state index in [0.717, 1.165) is 29.5 Å². The zero-order chi connectivity index (χ0) is 9.97. The van der Waals surface area contributed by atoms with E-state index in [0.29, 0.717) is 6.10 Å². The Morgan fingerprint density at radius 3 is 3.21 bits per heavy atom. The zero-order valence-electron chi connectivity index (χ0n) is 8.14. The molecule has 1 aromatic heterocycles. The predicted octanol–water partition coefficient (Wildman–Crippen LogP) is 0.861.